The maximum Gasteiger partial charge on any atom is 0.323 e. The van der Waals surface area contributed by atoms with Gasteiger partial charge in [-0.15, -0.1) is 0 Å². The molecule has 0 bridgehead atoms. The zero-order valence-electron chi connectivity index (χ0n) is 18.5. The quantitative estimate of drug-likeness (QED) is 0.688. The monoisotopic (exact) mass is 448 g/mol. The summed E-state index contributed by atoms with van der Waals surface area (Å²) in [6, 6.07) is 12.1. The highest BCUT2D eigenvalue weighted by molar-refractivity contribution is 6.22. The summed E-state index contributed by atoms with van der Waals surface area (Å²) >= 11 is 0. The third-order valence-corrected chi connectivity index (χ3v) is 6.62. The van der Waals surface area contributed by atoms with E-state index in [-0.39, 0.29) is 17.9 Å². The first-order valence-corrected chi connectivity index (χ1v) is 11.6. The first kappa shape index (κ1) is 21.5. The van der Waals surface area contributed by atoms with Gasteiger partial charge in [-0.1, -0.05) is 31.4 Å². The van der Waals surface area contributed by atoms with Gasteiger partial charge in [0.15, 0.2) is 0 Å². The number of benzene rings is 2. The van der Waals surface area contributed by atoms with Crippen LogP contribution in [0.1, 0.15) is 52.8 Å². The Hall–Kier alpha value is -3.39. The molecule has 2 aromatic carbocycles. The van der Waals surface area contributed by atoms with E-state index in [1.54, 1.807) is 18.2 Å². The van der Waals surface area contributed by atoms with E-state index in [0.717, 1.165) is 50.9 Å². The Kier molecular flexibility index (Phi) is 6.00. The van der Waals surface area contributed by atoms with E-state index in [1.165, 1.54) is 4.90 Å². The van der Waals surface area contributed by atoms with Crippen molar-refractivity contribution < 1.29 is 19.1 Å². The van der Waals surface area contributed by atoms with Crippen molar-refractivity contribution in [3.63, 3.8) is 0 Å². The minimum Gasteiger partial charge on any atom is -0.378 e. The van der Waals surface area contributed by atoms with Gasteiger partial charge in [-0.25, -0.2) is 4.79 Å². The van der Waals surface area contributed by atoms with Crippen LogP contribution in [0.15, 0.2) is 42.5 Å². The van der Waals surface area contributed by atoms with Crippen LogP contribution in [0.3, 0.4) is 0 Å². The van der Waals surface area contributed by atoms with E-state index in [2.05, 4.69) is 15.5 Å². The fourth-order valence-corrected chi connectivity index (χ4v) is 4.95. The highest BCUT2D eigenvalue weighted by Gasteiger charge is 2.40. The number of nitrogens with zero attached hydrogens (tertiary/aromatic N) is 2. The van der Waals surface area contributed by atoms with E-state index < -0.39 is 6.03 Å². The highest BCUT2D eigenvalue weighted by Crippen LogP contribution is 2.32. The molecule has 172 valence electrons. The molecule has 1 saturated carbocycles. The van der Waals surface area contributed by atoms with Crippen molar-refractivity contribution in [1.82, 2.24) is 4.90 Å². The second-order valence-corrected chi connectivity index (χ2v) is 8.73. The van der Waals surface area contributed by atoms with Crippen molar-refractivity contribution in [2.45, 2.75) is 38.1 Å². The zero-order chi connectivity index (χ0) is 22.8. The molecule has 1 saturated heterocycles. The van der Waals surface area contributed by atoms with Gasteiger partial charge in [0.1, 0.15) is 0 Å². The summed E-state index contributed by atoms with van der Waals surface area (Å²) in [5.74, 6) is -0.485. The van der Waals surface area contributed by atoms with Gasteiger partial charge in [0.2, 0.25) is 0 Å². The van der Waals surface area contributed by atoms with Gasteiger partial charge in [0, 0.05) is 24.8 Å². The lowest BCUT2D eigenvalue weighted by atomic mass is 9.94. The number of rotatable bonds is 4. The summed E-state index contributed by atoms with van der Waals surface area (Å²) in [4.78, 5) is 42.2. The SMILES string of the molecule is O=C(Nc1ccc2c(c1)C(=O)N(C1CCCCC1)C2=O)Nc1ccccc1N1CCOCC1. The molecule has 33 heavy (non-hydrogen) atoms. The number of urea groups is 1. The van der Waals surface area contributed by atoms with Crippen molar-refractivity contribution in [1.29, 1.82) is 0 Å². The van der Waals surface area contributed by atoms with Crippen LogP contribution in [0.25, 0.3) is 0 Å². The van der Waals surface area contributed by atoms with Crippen LogP contribution in [-0.4, -0.2) is 55.1 Å². The summed E-state index contributed by atoms with van der Waals surface area (Å²) < 4.78 is 5.42. The second-order valence-electron chi connectivity index (χ2n) is 8.73. The summed E-state index contributed by atoms with van der Waals surface area (Å²) in [6.07, 6.45) is 4.95. The number of morpholine rings is 1. The number of hydrogen-bond acceptors (Lipinski definition) is 5. The molecule has 2 heterocycles. The van der Waals surface area contributed by atoms with Gasteiger partial charge < -0.3 is 20.3 Å². The number of ether oxygens (including phenoxy) is 1. The van der Waals surface area contributed by atoms with Crippen molar-refractivity contribution >= 4 is 34.9 Å². The van der Waals surface area contributed by atoms with Crippen LogP contribution in [0, 0.1) is 0 Å². The van der Waals surface area contributed by atoms with Crippen LogP contribution < -0.4 is 15.5 Å². The molecule has 3 aliphatic rings. The standard InChI is InChI=1S/C25H28N4O4/c30-23-19-11-10-17(16-20(19)24(31)29(23)18-6-2-1-3-7-18)26-25(32)27-21-8-4-5-9-22(21)28-12-14-33-15-13-28/h4-5,8-11,16,18H,1-3,6-7,12-15H2,(H2,26,27,32). The van der Waals surface area contributed by atoms with Crippen LogP contribution in [-0.2, 0) is 4.74 Å². The van der Waals surface area contributed by atoms with Crippen LogP contribution in [0.5, 0.6) is 0 Å². The maximum absolute atomic E-state index is 13.0. The number of amides is 4. The average molecular weight is 449 g/mol. The lowest BCUT2D eigenvalue weighted by molar-refractivity contribution is 0.0549. The molecular weight excluding hydrogens is 420 g/mol. The summed E-state index contributed by atoms with van der Waals surface area (Å²) in [6.45, 7) is 2.83. The average Bonchev–Trinajstić information content (AvgIpc) is 3.10. The molecule has 2 N–H and O–H groups in total. The van der Waals surface area contributed by atoms with Crippen LogP contribution >= 0.6 is 0 Å². The Labute approximate surface area is 192 Å². The molecule has 0 aromatic heterocycles. The first-order valence-electron chi connectivity index (χ1n) is 11.6. The fraction of sp³-hybridized carbons (Fsp3) is 0.400. The van der Waals surface area contributed by atoms with E-state index in [9.17, 15) is 14.4 Å². The van der Waals surface area contributed by atoms with E-state index >= 15 is 0 Å². The molecule has 0 radical (unpaired) electrons. The number of fused-ring (bicyclic) bond motifs is 1. The Bertz CT molecular complexity index is 1070. The van der Waals surface area contributed by atoms with Gasteiger partial charge in [-0.3, -0.25) is 14.5 Å². The number of carbonyl (C=O) groups is 3. The van der Waals surface area contributed by atoms with E-state index in [0.29, 0.717) is 35.7 Å². The highest BCUT2D eigenvalue weighted by atomic mass is 16.5. The number of anilines is 3. The molecule has 5 rings (SSSR count). The normalized spacial score (nSPS) is 18.9. The van der Waals surface area contributed by atoms with Gasteiger partial charge in [0.25, 0.3) is 11.8 Å². The van der Waals surface area contributed by atoms with E-state index in [4.69, 9.17) is 4.74 Å². The second kappa shape index (κ2) is 9.23. The number of hydrogen-bond donors (Lipinski definition) is 2. The first-order chi connectivity index (χ1) is 16.1. The molecule has 2 aliphatic heterocycles. The van der Waals surface area contributed by atoms with Crippen LogP contribution in [0.2, 0.25) is 0 Å². The Morgan fingerprint density at radius 2 is 1.61 bits per heavy atom. The molecule has 0 atom stereocenters. The summed E-state index contributed by atoms with van der Waals surface area (Å²) in [5.41, 5.74) is 2.88. The van der Waals surface area contributed by atoms with Gasteiger partial charge >= 0.3 is 6.03 Å². The van der Waals surface area contributed by atoms with Crippen molar-refractivity contribution in [3.05, 3.63) is 53.6 Å². The molecule has 8 nitrogen and oxygen atoms in total. The van der Waals surface area contributed by atoms with Crippen molar-refractivity contribution in [3.8, 4) is 0 Å². The number of carbonyl (C=O) groups excluding carboxylic acids is 3. The molecule has 0 unspecified atom stereocenters. The predicted octanol–water partition coefficient (Wildman–Crippen LogP) is 4.10. The number of nitrogens with one attached hydrogen (secondary N) is 2. The fourth-order valence-electron chi connectivity index (χ4n) is 4.95. The lowest BCUT2D eigenvalue weighted by Crippen LogP contribution is -2.40. The van der Waals surface area contributed by atoms with Crippen LogP contribution in [0.4, 0.5) is 21.9 Å². The molecule has 0 spiro atoms. The largest absolute Gasteiger partial charge is 0.378 e. The zero-order valence-corrected chi connectivity index (χ0v) is 18.5. The van der Waals surface area contributed by atoms with E-state index in [1.807, 2.05) is 24.3 Å². The molecule has 4 amide bonds. The Morgan fingerprint density at radius 1 is 0.879 bits per heavy atom. The molecule has 2 aromatic rings. The Balaban J connectivity index is 1.29. The predicted molar refractivity (Wildman–Crippen MR) is 126 cm³/mol. The minimum absolute atomic E-state index is 0.0254. The smallest absolute Gasteiger partial charge is 0.323 e. The van der Waals surface area contributed by atoms with Crippen molar-refractivity contribution in [2.75, 3.05) is 41.8 Å². The molecule has 2 fully saturated rings. The number of imide groups is 1. The Morgan fingerprint density at radius 3 is 2.39 bits per heavy atom. The maximum atomic E-state index is 13.0. The van der Waals surface area contributed by atoms with Crippen molar-refractivity contribution in [2.24, 2.45) is 0 Å². The van der Waals surface area contributed by atoms with Gasteiger partial charge in [-0.2, -0.15) is 0 Å². The van der Waals surface area contributed by atoms with Gasteiger partial charge in [-0.05, 0) is 43.2 Å². The minimum atomic E-state index is -0.406. The summed E-state index contributed by atoms with van der Waals surface area (Å²) in [5, 5.41) is 5.71. The topological polar surface area (TPSA) is 91.0 Å². The molecular formula is C25H28N4O4. The number of para-hydroxylation sites is 2. The third-order valence-electron chi connectivity index (χ3n) is 6.62. The van der Waals surface area contributed by atoms with Gasteiger partial charge in [0.05, 0.1) is 35.7 Å². The lowest BCUT2D eigenvalue weighted by Gasteiger charge is -2.30. The summed E-state index contributed by atoms with van der Waals surface area (Å²) in [7, 11) is 0. The molecule has 8 heteroatoms. The molecule has 1 aliphatic carbocycles. The third kappa shape index (κ3) is 4.30.